The molecule has 0 spiro atoms. The molecule has 1 aromatic carbocycles. The first kappa shape index (κ1) is 16.7. The van der Waals surface area contributed by atoms with Crippen LogP contribution in [0.25, 0.3) is 0 Å². The molecule has 1 amide bonds. The lowest BCUT2D eigenvalue weighted by atomic mass is 9.92. The highest BCUT2D eigenvalue weighted by Gasteiger charge is 2.23. The third-order valence-electron chi connectivity index (χ3n) is 5.34. The second-order valence-electron chi connectivity index (χ2n) is 6.87. The Labute approximate surface area is 144 Å². The zero-order chi connectivity index (χ0) is 17.1. The lowest BCUT2D eigenvalue weighted by molar-refractivity contribution is -0.130. The highest BCUT2D eigenvalue weighted by molar-refractivity contribution is 5.79. The van der Waals surface area contributed by atoms with Crippen LogP contribution in [0, 0.1) is 13.8 Å². The Kier molecular flexibility index (Phi) is 5.03. The van der Waals surface area contributed by atoms with Crippen LogP contribution in [0.3, 0.4) is 0 Å². The monoisotopic (exact) mass is 325 g/mol. The van der Waals surface area contributed by atoms with Crippen LogP contribution in [-0.2, 0) is 18.3 Å². The summed E-state index contributed by atoms with van der Waals surface area (Å²) >= 11 is 0. The molecule has 1 aliphatic rings. The largest absolute Gasteiger partial charge is 0.342 e. The van der Waals surface area contributed by atoms with Crippen molar-refractivity contribution in [2.45, 2.75) is 45.4 Å². The minimum atomic E-state index is 0.239. The van der Waals surface area contributed by atoms with E-state index < -0.39 is 0 Å². The molecule has 0 radical (unpaired) electrons. The first-order chi connectivity index (χ1) is 11.6. The van der Waals surface area contributed by atoms with Crippen molar-refractivity contribution in [2.75, 3.05) is 13.1 Å². The number of amides is 1. The van der Waals surface area contributed by atoms with E-state index in [4.69, 9.17) is 0 Å². The third kappa shape index (κ3) is 3.53. The maximum Gasteiger partial charge on any atom is 0.227 e. The smallest absolute Gasteiger partial charge is 0.227 e. The summed E-state index contributed by atoms with van der Waals surface area (Å²) in [6.45, 7) is 5.76. The molecule has 0 aliphatic carbocycles. The Morgan fingerprint density at radius 3 is 2.58 bits per heavy atom. The average Bonchev–Trinajstić information content (AvgIpc) is 2.79. The molecule has 24 heavy (non-hydrogen) atoms. The Hall–Kier alpha value is -2.10. The standard InChI is InChI=1S/C20H27N3O/c1-15-19(16(2)22(3)21-15)14-20(24)23-12-7-10-18(11-13-23)17-8-5-4-6-9-17/h4-6,8-9,18H,7,10-14H2,1-3H3. The fourth-order valence-electron chi connectivity index (χ4n) is 3.74. The van der Waals surface area contributed by atoms with Crippen molar-refractivity contribution < 1.29 is 4.79 Å². The molecule has 3 rings (SSSR count). The van der Waals surface area contributed by atoms with Crippen LogP contribution in [0.1, 0.15) is 47.7 Å². The number of hydrogen-bond acceptors (Lipinski definition) is 2. The van der Waals surface area contributed by atoms with E-state index in [0.29, 0.717) is 12.3 Å². The van der Waals surface area contributed by atoms with Crippen molar-refractivity contribution in [1.82, 2.24) is 14.7 Å². The van der Waals surface area contributed by atoms with Crippen LogP contribution in [0.4, 0.5) is 0 Å². The lowest BCUT2D eigenvalue weighted by Crippen LogP contribution is -2.33. The zero-order valence-electron chi connectivity index (χ0n) is 15.0. The molecule has 1 atom stereocenters. The normalized spacial score (nSPS) is 18.5. The number of aryl methyl sites for hydroxylation is 2. The van der Waals surface area contributed by atoms with Gasteiger partial charge in [-0.05, 0) is 44.6 Å². The molecule has 4 nitrogen and oxygen atoms in total. The number of carbonyl (C=O) groups is 1. The summed E-state index contributed by atoms with van der Waals surface area (Å²) in [5.41, 5.74) is 4.57. The number of likely N-dealkylation sites (tertiary alicyclic amines) is 1. The van der Waals surface area contributed by atoms with Gasteiger partial charge >= 0.3 is 0 Å². The van der Waals surface area contributed by atoms with Crippen LogP contribution in [-0.4, -0.2) is 33.7 Å². The van der Waals surface area contributed by atoms with Gasteiger partial charge in [-0.3, -0.25) is 9.48 Å². The quantitative estimate of drug-likeness (QED) is 0.868. The maximum atomic E-state index is 12.8. The molecule has 1 aromatic heterocycles. The van der Waals surface area contributed by atoms with E-state index in [2.05, 4.69) is 40.3 Å². The van der Waals surface area contributed by atoms with Crippen molar-refractivity contribution in [1.29, 1.82) is 0 Å². The van der Waals surface area contributed by atoms with E-state index >= 15 is 0 Å². The van der Waals surface area contributed by atoms with Crippen LogP contribution in [0.15, 0.2) is 30.3 Å². The van der Waals surface area contributed by atoms with E-state index in [9.17, 15) is 4.79 Å². The van der Waals surface area contributed by atoms with Crippen molar-refractivity contribution >= 4 is 5.91 Å². The molecular formula is C20H27N3O. The van der Waals surface area contributed by atoms with Gasteiger partial charge in [-0.25, -0.2) is 0 Å². The highest BCUT2D eigenvalue weighted by atomic mass is 16.2. The summed E-state index contributed by atoms with van der Waals surface area (Å²) in [5.74, 6) is 0.814. The zero-order valence-corrected chi connectivity index (χ0v) is 15.0. The number of hydrogen-bond donors (Lipinski definition) is 0. The van der Waals surface area contributed by atoms with Gasteiger partial charge in [0.05, 0.1) is 12.1 Å². The number of benzene rings is 1. The molecule has 0 N–H and O–H groups in total. The summed E-state index contributed by atoms with van der Waals surface area (Å²) in [6, 6.07) is 10.7. The van der Waals surface area contributed by atoms with Gasteiger partial charge < -0.3 is 4.90 Å². The number of carbonyl (C=O) groups excluding carboxylic acids is 1. The average molecular weight is 325 g/mol. The van der Waals surface area contributed by atoms with Crippen molar-refractivity contribution in [2.24, 2.45) is 7.05 Å². The number of nitrogens with zero attached hydrogens (tertiary/aromatic N) is 3. The van der Waals surface area contributed by atoms with E-state index in [-0.39, 0.29) is 5.91 Å². The predicted molar refractivity (Wildman–Crippen MR) is 96.0 cm³/mol. The molecule has 4 heteroatoms. The molecule has 0 bridgehead atoms. The molecule has 1 unspecified atom stereocenters. The predicted octanol–water partition coefficient (Wildman–Crippen LogP) is 3.38. The summed E-state index contributed by atoms with van der Waals surface area (Å²) in [7, 11) is 1.94. The van der Waals surface area contributed by atoms with E-state index in [0.717, 1.165) is 42.9 Å². The second-order valence-corrected chi connectivity index (χ2v) is 6.87. The Bertz CT molecular complexity index is 705. The van der Waals surface area contributed by atoms with Crippen LogP contribution in [0.5, 0.6) is 0 Å². The van der Waals surface area contributed by atoms with Crippen LogP contribution < -0.4 is 0 Å². The van der Waals surface area contributed by atoms with Gasteiger partial charge in [0.25, 0.3) is 0 Å². The molecule has 2 heterocycles. The van der Waals surface area contributed by atoms with Gasteiger partial charge in [0.2, 0.25) is 5.91 Å². The van der Waals surface area contributed by atoms with Crippen LogP contribution in [0.2, 0.25) is 0 Å². The van der Waals surface area contributed by atoms with Gasteiger partial charge in [-0.2, -0.15) is 5.10 Å². The Morgan fingerprint density at radius 1 is 1.17 bits per heavy atom. The van der Waals surface area contributed by atoms with Crippen LogP contribution >= 0.6 is 0 Å². The fourth-order valence-corrected chi connectivity index (χ4v) is 3.74. The minimum absolute atomic E-state index is 0.239. The SMILES string of the molecule is Cc1nn(C)c(C)c1CC(=O)N1CCCC(c2ccccc2)CC1. The molecule has 1 saturated heterocycles. The van der Waals surface area contributed by atoms with Gasteiger partial charge in [-0.1, -0.05) is 30.3 Å². The second kappa shape index (κ2) is 7.20. The Balaban J connectivity index is 1.64. The van der Waals surface area contributed by atoms with Gasteiger partial charge in [-0.15, -0.1) is 0 Å². The maximum absolute atomic E-state index is 12.8. The van der Waals surface area contributed by atoms with Gasteiger partial charge in [0.15, 0.2) is 0 Å². The summed E-state index contributed by atoms with van der Waals surface area (Å²) in [6.07, 6.45) is 3.78. The minimum Gasteiger partial charge on any atom is -0.342 e. The highest BCUT2D eigenvalue weighted by Crippen LogP contribution is 2.28. The first-order valence-corrected chi connectivity index (χ1v) is 8.88. The molecule has 2 aromatic rings. The molecule has 1 fully saturated rings. The fraction of sp³-hybridized carbons (Fsp3) is 0.500. The topological polar surface area (TPSA) is 38.1 Å². The lowest BCUT2D eigenvalue weighted by Gasteiger charge is -2.21. The van der Waals surface area contributed by atoms with Crippen molar-refractivity contribution in [3.8, 4) is 0 Å². The van der Waals surface area contributed by atoms with Gasteiger partial charge in [0, 0.05) is 31.4 Å². The van der Waals surface area contributed by atoms with E-state index in [1.807, 2.05) is 25.6 Å². The molecule has 128 valence electrons. The summed E-state index contributed by atoms with van der Waals surface area (Å²) in [5, 5.41) is 4.42. The molecule has 1 aliphatic heterocycles. The van der Waals surface area contributed by atoms with Crippen molar-refractivity contribution in [3.63, 3.8) is 0 Å². The number of aromatic nitrogens is 2. The summed E-state index contributed by atoms with van der Waals surface area (Å²) in [4.78, 5) is 14.8. The first-order valence-electron chi connectivity index (χ1n) is 8.88. The number of rotatable bonds is 3. The van der Waals surface area contributed by atoms with E-state index in [1.165, 1.54) is 12.0 Å². The Morgan fingerprint density at radius 2 is 1.92 bits per heavy atom. The van der Waals surface area contributed by atoms with E-state index in [1.54, 1.807) is 0 Å². The van der Waals surface area contributed by atoms with Crippen molar-refractivity contribution in [3.05, 3.63) is 52.8 Å². The van der Waals surface area contributed by atoms with Gasteiger partial charge in [0.1, 0.15) is 0 Å². The molecular weight excluding hydrogens is 298 g/mol. The third-order valence-corrected chi connectivity index (χ3v) is 5.34. The summed E-state index contributed by atoms with van der Waals surface area (Å²) < 4.78 is 1.87. The molecule has 0 saturated carbocycles.